The average Bonchev–Trinajstić information content (AvgIpc) is 2.86. The molecule has 0 aliphatic rings. The van der Waals surface area contributed by atoms with E-state index >= 15 is 0 Å². The van der Waals surface area contributed by atoms with Crippen LogP contribution in [0.25, 0.3) is 0 Å². The molecular formula is C12H15N3O2. The van der Waals surface area contributed by atoms with E-state index in [1.54, 1.807) is 13.0 Å². The number of aromatic amines is 1. The Kier molecular flexibility index (Phi) is 2.99. The second-order valence-electron chi connectivity index (χ2n) is 4.21. The lowest BCUT2D eigenvalue weighted by atomic mass is 10.1. The Balaban J connectivity index is 2.11. The van der Waals surface area contributed by atoms with Crippen molar-refractivity contribution in [1.29, 1.82) is 0 Å². The summed E-state index contributed by atoms with van der Waals surface area (Å²) in [5, 5.41) is 9.63. The number of anilines is 1. The van der Waals surface area contributed by atoms with Crippen molar-refractivity contribution >= 4 is 11.7 Å². The van der Waals surface area contributed by atoms with E-state index in [9.17, 15) is 4.79 Å². The molecule has 0 saturated carbocycles. The minimum atomic E-state index is -0.210. The first-order valence-electron chi connectivity index (χ1n) is 5.48. The fraction of sp³-hybridized carbons (Fsp3) is 0.333. The Morgan fingerprint density at radius 3 is 2.82 bits per heavy atom. The second kappa shape index (κ2) is 4.45. The lowest BCUT2D eigenvalue weighted by Crippen LogP contribution is -2.12. The molecule has 0 unspecified atom stereocenters. The van der Waals surface area contributed by atoms with Crippen molar-refractivity contribution in [1.82, 2.24) is 10.2 Å². The maximum atomic E-state index is 11.9. The van der Waals surface area contributed by atoms with E-state index in [0.29, 0.717) is 23.1 Å². The molecule has 2 aromatic heterocycles. The van der Waals surface area contributed by atoms with E-state index in [1.165, 1.54) is 6.26 Å². The number of aromatic nitrogens is 2. The minimum Gasteiger partial charge on any atom is -0.469 e. The van der Waals surface area contributed by atoms with Gasteiger partial charge in [0.15, 0.2) is 5.82 Å². The summed E-state index contributed by atoms with van der Waals surface area (Å²) in [7, 11) is 0. The van der Waals surface area contributed by atoms with Gasteiger partial charge in [-0.2, -0.15) is 5.10 Å². The summed E-state index contributed by atoms with van der Waals surface area (Å²) in [4.78, 5) is 11.9. The first kappa shape index (κ1) is 11.4. The third-order valence-corrected chi connectivity index (χ3v) is 2.56. The van der Waals surface area contributed by atoms with Crippen LogP contribution in [-0.2, 0) is 0 Å². The van der Waals surface area contributed by atoms with Gasteiger partial charge in [-0.25, -0.2) is 0 Å². The fourth-order valence-corrected chi connectivity index (χ4v) is 1.50. The highest BCUT2D eigenvalue weighted by molar-refractivity contribution is 6.04. The molecule has 5 nitrogen and oxygen atoms in total. The van der Waals surface area contributed by atoms with E-state index in [4.69, 9.17) is 4.42 Å². The quantitative estimate of drug-likeness (QED) is 0.856. The number of nitrogens with zero attached hydrogens (tertiary/aromatic N) is 1. The van der Waals surface area contributed by atoms with Crippen LogP contribution in [0.5, 0.6) is 0 Å². The largest absolute Gasteiger partial charge is 0.469 e. The van der Waals surface area contributed by atoms with Gasteiger partial charge in [0.1, 0.15) is 5.76 Å². The van der Waals surface area contributed by atoms with Crippen LogP contribution in [0, 0.1) is 6.92 Å². The number of rotatable bonds is 3. The number of aryl methyl sites for hydroxylation is 1. The van der Waals surface area contributed by atoms with E-state index in [0.717, 1.165) is 5.69 Å². The number of amides is 1. The van der Waals surface area contributed by atoms with Crippen LogP contribution in [0.3, 0.4) is 0 Å². The number of carbonyl (C=O) groups excluding carboxylic acids is 1. The van der Waals surface area contributed by atoms with Gasteiger partial charge in [-0.1, -0.05) is 13.8 Å². The number of furan rings is 1. The average molecular weight is 233 g/mol. The Hall–Kier alpha value is -2.04. The van der Waals surface area contributed by atoms with E-state index in [-0.39, 0.29) is 5.91 Å². The van der Waals surface area contributed by atoms with Crippen molar-refractivity contribution in [3.8, 4) is 0 Å². The van der Waals surface area contributed by atoms with Gasteiger partial charge in [0, 0.05) is 11.8 Å². The van der Waals surface area contributed by atoms with Crippen LogP contribution in [0.15, 0.2) is 22.8 Å². The SMILES string of the molecule is Cc1occc1C(=O)Nc1cc(C(C)C)[nH]n1. The van der Waals surface area contributed by atoms with Crippen molar-refractivity contribution in [2.75, 3.05) is 5.32 Å². The first-order valence-corrected chi connectivity index (χ1v) is 5.48. The zero-order valence-electron chi connectivity index (χ0n) is 10.1. The van der Waals surface area contributed by atoms with Gasteiger partial charge in [-0.3, -0.25) is 9.89 Å². The molecule has 2 rings (SSSR count). The van der Waals surface area contributed by atoms with E-state index in [1.807, 2.05) is 6.07 Å². The van der Waals surface area contributed by atoms with Crippen LogP contribution in [0.2, 0.25) is 0 Å². The molecule has 0 aliphatic heterocycles. The molecule has 1 amide bonds. The lowest BCUT2D eigenvalue weighted by Gasteiger charge is -1.99. The predicted molar refractivity (Wildman–Crippen MR) is 64.1 cm³/mol. The topological polar surface area (TPSA) is 70.9 Å². The smallest absolute Gasteiger partial charge is 0.260 e. The molecule has 0 saturated heterocycles. The molecule has 2 N–H and O–H groups in total. The van der Waals surface area contributed by atoms with E-state index in [2.05, 4.69) is 29.4 Å². The van der Waals surface area contributed by atoms with Crippen LogP contribution >= 0.6 is 0 Å². The third kappa shape index (κ3) is 2.38. The van der Waals surface area contributed by atoms with Crippen molar-refractivity contribution in [3.05, 3.63) is 35.4 Å². The van der Waals surface area contributed by atoms with Crippen molar-refractivity contribution < 1.29 is 9.21 Å². The van der Waals surface area contributed by atoms with E-state index < -0.39 is 0 Å². The van der Waals surface area contributed by atoms with Gasteiger partial charge in [0.2, 0.25) is 0 Å². The highest BCUT2D eigenvalue weighted by Gasteiger charge is 2.13. The maximum absolute atomic E-state index is 11.9. The van der Waals surface area contributed by atoms with Gasteiger partial charge in [0.25, 0.3) is 5.91 Å². The second-order valence-corrected chi connectivity index (χ2v) is 4.21. The van der Waals surface area contributed by atoms with Gasteiger partial charge < -0.3 is 9.73 Å². The molecular weight excluding hydrogens is 218 g/mol. The molecule has 0 bridgehead atoms. The summed E-state index contributed by atoms with van der Waals surface area (Å²) in [5.74, 6) is 1.27. The fourth-order valence-electron chi connectivity index (χ4n) is 1.50. The number of H-pyrrole nitrogens is 1. The Morgan fingerprint density at radius 2 is 2.29 bits per heavy atom. The van der Waals surface area contributed by atoms with Gasteiger partial charge in [0.05, 0.1) is 11.8 Å². The van der Waals surface area contributed by atoms with Crippen molar-refractivity contribution in [2.24, 2.45) is 0 Å². The summed E-state index contributed by atoms with van der Waals surface area (Å²) in [6.45, 7) is 5.86. The highest BCUT2D eigenvalue weighted by atomic mass is 16.3. The molecule has 2 aromatic rings. The molecule has 0 atom stereocenters. The third-order valence-electron chi connectivity index (χ3n) is 2.56. The van der Waals surface area contributed by atoms with Crippen LogP contribution in [-0.4, -0.2) is 16.1 Å². The number of hydrogen-bond acceptors (Lipinski definition) is 3. The van der Waals surface area contributed by atoms with Gasteiger partial charge in [-0.05, 0) is 18.9 Å². The summed E-state index contributed by atoms with van der Waals surface area (Å²) in [6, 6.07) is 3.47. The summed E-state index contributed by atoms with van der Waals surface area (Å²) in [6.07, 6.45) is 1.49. The first-order chi connectivity index (χ1) is 8.08. The molecule has 0 spiro atoms. The predicted octanol–water partition coefficient (Wildman–Crippen LogP) is 2.69. The molecule has 17 heavy (non-hydrogen) atoms. The Morgan fingerprint density at radius 1 is 1.53 bits per heavy atom. The molecule has 5 heteroatoms. The lowest BCUT2D eigenvalue weighted by molar-refractivity contribution is 0.102. The number of hydrogen-bond donors (Lipinski definition) is 2. The van der Waals surface area contributed by atoms with Crippen molar-refractivity contribution in [3.63, 3.8) is 0 Å². The molecule has 0 fully saturated rings. The van der Waals surface area contributed by atoms with Gasteiger partial charge >= 0.3 is 0 Å². The number of carbonyl (C=O) groups is 1. The maximum Gasteiger partial charge on any atom is 0.260 e. The summed E-state index contributed by atoms with van der Waals surface area (Å²) < 4.78 is 5.08. The Labute approximate surface area is 99.2 Å². The van der Waals surface area contributed by atoms with Gasteiger partial charge in [-0.15, -0.1) is 0 Å². The number of nitrogens with one attached hydrogen (secondary N) is 2. The zero-order valence-corrected chi connectivity index (χ0v) is 10.1. The molecule has 90 valence electrons. The highest BCUT2D eigenvalue weighted by Crippen LogP contribution is 2.16. The molecule has 2 heterocycles. The van der Waals surface area contributed by atoms with Crippen LogP contribution in [0.1, 0.15) is 41.6 Å². The summed E-state index contributed by atoms with van der Waals surface area (Å²) >= 11 is 0. The standard InChI is InChI=1S/C12H15N3O2/c1-7(2)10-6-11(15-14-10)13-12(16)9-4-5-17-8(9)3/h4-7H,1-3H3,(H2,13,14,15,16). The monoisotopic (exact) mass is 233 g/mol. The normalized spacial score (nSPS) is 10.8. The minimum absolute atomic E-state index is 0.210. The van der Waals surface area contributed by atoms with Crippen LogP contribution < -0.4 is 5.32 Å². The van der Waals surface area contributed by atoms with Crippen molar-refractivity contribution in [2.45, 2.75) is 26.7 Å². The molecule has 0 radical (unpaired) electrons. The summed E-state index contributed by atoms with van der Waals surface area (Å²) in [5.41, 5.74) is 1.52. The Bertz CT molecular complexity index is 525. The molecule has 0 aliphatic carbocycles. The zero-order chi connectivity index (χ0) is 12.4. The van der Waals surface area contributed by atoms with Crippen LogP contribution in [0.4, 0.5) is 5.82 Å². The molecule has 0 aromatic carbocycles.